The van der Waals surface area contributed by atoms with Gasteiger partial charge in [0, 0.05) is 12.0 Å². The van der Waals surface area contributed by atoms with Crippen LogP contribution in [0.3, 0.4) is 0 Å². The first-order valence-electron chi connectivity index (χ1n) is 12.5. The van der Waals surface area contributed by atoms with Crippen molar-refractivity contribution >= 4 is 18.0 Å². The quantitative estimate of drug-likeness (QED) is 0.540. The van der Waals surface area contributed by atoms with Crippen LogP contribution in [0.15, 0.2) is 48.5 Å². The maximum Gasteiger partial charge on any atom is 0.407 e. The predicted molar refractivity (Wildman–Crippen MR) is 133 cm³/mol. The van der Waals surface area contributed by atoms with Crippen molar-refractivity contribution in [1.82, 2.24) is 10.2 Å². The summed E-state index contributed by atoms with van der Waals surface area (Å²) in [6.07, 6.45) is 3.28. The van der Waals surface area contributed by atoms with Gasteiger partial charge in [0.25, 0.3) is 0 Å². The normalized spacial score (nSPS) is 16.0. The van der Waals surface area contributed by atoms with Crippen LogP contribution < -0.4 is 5.32 Å². The molecule has 4 rings (SSSR count). The molecule has 0 spiro atoms. The Bertz CT molecular complexity index is 1030. The Hall–Kier alpha value is -3.35. The number of benzene rings is 2. The second-order valence-electron chi connectivity index (χ2n) is 9.95. The lowest BCUT2D eigenvalue weighted by atomic mass is 9.98. The summed E-state index contributed by atoms with van der Waals surface area (Å²) >= 11 is 0. The van der Waals surface area contributed by atoms with Crippen LogP contribution in [0.25, 0.3) is 11.1 Å². The average Bonchev–Trinajstić information content (AvgIpc) is 3.47. The van der Waals surface area contributed by atoms with Gasteiger partial charge in [-0.15, -0.1) is 0 Å². The Morgan fingerprint density at radius 2 is 1.57 bits per heavy atom. The van der Waals surface area contributed by atoms with Gasteiger partial charge in [-0.3, -0.25) is 9.59 Å². The van der Waals surface area contributed by atoms with Crippen LogP contribution >= 0.6 is 0 Å². The van der Waals surface area contributed by atoms with Crippen molar-refractivity contribution in [2.24, 2.45) is 5.92 Å². The molecule has 186 valence electrons. The second kappa shape index (κ2) is 10.9. The summed E-state index contributed by atoms with van der Waals surface area (Å²) in [6, 6.07) is 15.3. The van der Waals surface area contributed by atoms with Crippen LogP contribution in [0.5, 0.6) is 0 Å². The molecule has 35 heavy (non-hydrogen) atoms. The molecule has 0 saturated heterocycles. The molecule has 2 N–H and O–H groups in total. The van der Waals surface area contributed by atoms with Crippen molar-refractivity contribution in [1.29, 1.82) is 0 Å². The Morgan fingerprint density at radius 1 is 1.00 bits per heavy atom. The molecule has 7 heteroatoms. The van der Waals surface area contributed by atoms with E-state index in [9.17, 15) is 19.5 Å². The number of ether oxygens (including phenoxy) is 1. The summed E-state index contributed by atoms with van der Waals surface area (Å²) in [5, 5.41) is 12.2. The molecule has 1 unspecified atom stereocenters. The monoisotopic (exact) mass is 478 g/mol. The number of nitrogens with one attached hydrogen (secondary N) is 1. The summed E-state index contributed by atoms with van der Waals surface area (Å²) in [5.74, 6) is -1.33. The molecule has 2 aromatic rings. The molecule has 1 saturated carbocycles. The molecule has 2 aliphatic rings. The highest BCUT2D eigenvalue weighted by molar-refractivity contribution is 5.88. The van der Waals surface area contributed by atoms with Crippen LogP contribution in [0, 0.1) is 5.92 Å². The summed E-state index contributed by atoms with van der Waals surface area (Å²) in [4.78, 5) is 39.2. The molecule has 1 atom stereocenters. The average molecular weight is 479 g/mol. The third-order valence-electron chi connectivity index (χ3n) is 7.00. The van der Waals surface area contributed by atoms with E-state index in [2.05, 4.69) is 29.6 Å². The van der Waals surface area contributed by atoms with E-state index in [0.29, 0.717) is 6.42 Å². The highest BCUT2D eigenvalue weighted by Crippen LogP contribution is 2.44. The van der Waals surface area contributed by atoms with E-state index < -0.39 is 18.1 Å². The first-order chi connectivity index (χ1) is 16.8. The Morgan fingerprint density at radius 3 is 2.11 bits per heavy atom. The summed E-state index contributed by atoms with van der Waals surface area (Å²) < 4.78 is 5.65. The van der Waals surface area contributed by atoms with Crippen LogP contribution in [0.1, 0.15) is 63.0 Å². The highest BCUT2D eigenvalue weighted by atomic mass is 16.5. The van der Waals surface area contributed by atoms with E-state index in [-0.39, 0.29) is 36.9 Å². The zero-order chi connectivity index (χ0) is 24.9. The van der Waals surface area contributed by atoms with E-state index in [4.69, 9.17) is 4.74 Å². The number of amides is 2. The van der Waals surface area contributed by atoms with Gasteiger partial charge < -0.3 is 20.1 Å². The highest BCUT2D eigenvalue weighted by Gasteiger charge is 2.35. The van der Waals surface area contributed by atoms with Gasteiger partial charge in [-0.05, 0) is 47.4 Å². The maximum atomic E-state index is 13.4. The summed E-state index contributed by atoms with van der Waals surface area (Å²) in [7, 11) is 0. The SMILES string of the molecule is CC(C)CC(NC(=O)OCC1c2ccccc2-c2ccccc21)C(=O)N(CC(=O)O)C1CCCC1. The lowest BCUT2D eigenvalue weighted by Crippen LogP contribution is -2.53. The zero-order valence-corrected chi connectivity index (χ0v) is 20.4. The van der Waals surface area contributed by atoms with Crippen molar-refractivity contribution in [2.45, 2.75) is 64.0 Å². The van der Waals surface area contributed by atoms with Gasteiger partial charge in [-0.1, -0.05) is 75.2 Å². The number of rotatable bonds is 9. The smallest absolute Gasteiger partial charge is 0.407 e. The fourth-order valence-electron chi connectivity index (χ4n) is 5.42. The van der Waals surface area contributed by atoms with Crippen molar-refractivity contribution in [2.75, 3.05) is 13.2 Å². The van der Waals surface area contributed by atoms with Gasteiger partial charge in [0.1, 0.15) is 19.2 Å². The van der Waals surface area contributed by atoms with E-state index in [1.807, 2.05) is 38.1 Å². The number of fused-ring (bicyclic) bond motifs is 3. The van der Waals surface area contributed by atoms with Gasteiger partial charge >= 0.3 is 12.1 Å². The maximum absolute atomic E-state index is 13.4. The number of carboxylic acids is 1. The molecule has 2 aromatic carbocycles. The molecular weight excluding hydrogens is 444 g/mol. The van der Waals surface area contributed by atoms with Crippen molar-refractivity contribution in [3.05, 3.63) is 59.7 Å². The van der Waals surface area contributed by atoms with E-state index in [1.165, 1.54) is 4.90 Å². The van der Waals surface area contributed by atoms with Gasteiger partial charge in [-0.2, -0.15) is 0 Å². The standard InChI is InChI=1S/C28H34N2O5/c1-18(2)15-25(27(33)30(16-26(31)32)19-9-3-4-10-19)29-28(34)35-17-24-22-13-7-5-11-20(22)21-12-6-8-14-23(21)24/h5-8,11-14,18-19,24-25H,3-4,9-10,15-17H2,1-2H3,(H,29,34)(H,31,32). The number of nitrogens with zero attached hydrogens (tertiary/aromatic N) is 1. The summed E-state index contributed by atoms with van der Waals surface area (Å²) in [5.41, 5.74) is 4.52. The van der Waals surface area contributed by atoms with Gasteiger partial charge in [0.05, 0.1) is 0 Å². The summed E-state index contributed by atoms with van der Waals surface area (Å²) in [6.45, 7) is 3.74. The molecule has 2 amide bonds. The van der Waals surface area contributed by atoms with Crippen molar-refractivity contribution in [3.8, 4) is 11.1 Å². The Balaban J connectivity index is 1.45. The zero-order valence-electron chi connectivity index (χ0n) is 20.4. The van der Waals surface area contributed by atoms with Crippen molar-refractivity contribution in [3.63, 3.8) is 0 Å². The number of hydrogen-bond acceptors (Lipinski definition) is 4. The van der Waals surface area contributed by atoms with Crippen LogP contribution in [-0.2, 0) is 14.3 Å². The van der Waals surface area contributed by atoms with E-state index >= 15 is 0 Å². The molecular formula is C28H34N2O5. The number of alkyl carbamates (subject to hydrolysis) is 1. The van der Waals surface area contributed by atoms with Crippen molar-refractivity contribution < 1.29 is 24.2 Å². The van der Waals surface area contributed by atoms with Crippen LogP contribution in [0.2, 0.25) is 0 Å². The van der Waals surface area contributed by atoms with E-state index in [1.54, 1.807) is 0 Å². The Labute approximate surface area is 206 Å². The van der Waals surface area contributed by atoms with Gasteiger partial charge in [0.15, 0.2) is 0 Å². The number of carbonyl (C=O) groups is 3. The lowest BCUT2D eigenvalue weighted by molar-refractivity contribution is -0.147. The number of carboxylic acid groups (broad SMARTS) is 1. The number of carbonyl (C=O) groups excluding carboxylic acids is 2. The second-order valence-corrected chi connectivity index (χ2v) is 9.95. The molecule has 7 nitrogen and oxygen atoms in total. The van der Waals surface area contributed by atoms with E-state index in [0.717, 1.165) is 47.9 Å². The molecule has 0 bridgehead atoms. The fraction of sp³-hybridized carbons (Fsp3) is 0.464. The molecule has 0 radical (unpaired) electrons. The fourth-order valence-corrected chi connectivity index (χ4v) is 5.42. The molecule has 0 aromatic heterocycles. The van der Waals surface area contributed by atoms with Crippen LogP contribution in [0.4, 0.5) is 4.79 Å². The Kier molecular flexibility index (Phi) is 7.73. The molecule has 1 fully saturated rings. The topological polar surface area (TPSA) is 95.9 Å². The third-order valence-corrected chi connectivity index (χ3v) is 7.00. The first-order valence-corrected chi connectivity index (χ1v) is 12.5. The molecule has 0 heterocycles. The largest absolute Gasteiger partial charge is 0.480 e. The first kappa shape index (κ1) is 24.8. The number of hydrogen-bond donors (Lipinski definition) is 2. The minimum absolute atomic E-state index is 0.0746. The number of aliphatic carboxylic acids is 1. The molecule has 2 aliphatic carbocycles. The third kappa shape index (κ3) is 5.66. The molecule has 0 aliphatic heterocycles. The minimum Gasteiger partial charge on any atom is -0.480 e. The van der Waals surface area contributed by atoms with Gasteiger partial charge in [0.2, 0.25) is 5.91 Å². The van der Waals surface area contributed by atoms with Gasteiger partial charge in [-0.25, -0.2) is 4.79 Å². The minimum atomic E-state index is -1.05. The van der Waals surface area contributed by atoms with Crippen LogP contribution in [-0.4, -0.2) is 53.2 Å². The lowest BCUT2D eigenvalue weighted by Gasteiger charge is -2.32. The predicted octanol–water partition coefficient (Wildman–Crippen LogP) is 4.80.